The molecule has 0 aliphatic heterocycles. The van der Waals surface area contributed by atoms with Crippen molar-refractivity contribution in [3.05, 3.63) is 108 Å². The molecule has 5 heteroatoms. The molecule has 30 heavy (non-hydrogen) atoms. The molecule has 3 aromatic carbocycles. The number of nitrogens with one attached hydrogen (secondary N) is 1. The first-order chi connectivity index (χ1) is 14.8. The van der Waals surface area contributed by atoms with E-state index in [2.05, 4.69) is 15.3 Å². The Morgan fingerprint density at radius 2 is 1.43 bits per heavy atom. The molecule has 0 unspecified atom stereocenters. The summed E-state index contributed by atoms with van der Waals surface area (Å²) in [4.78, 5) is 21.5. The number of para-hydroxylation sites is 2. The van der Waals surface area contributed by atoms with Crippen LogP contribution in [-0.4, -0.2) is 15.8 Å². The highest BCUT2D eigenvalue weighted by Crippen LogP contribution is 2.25. The van der Waals surface area contributed by atoms with Gasteiger partial charge in [-0.25, -0.2) is 4.98 Å². The molecule has 0 aliphatic rings. The summed E-state index contributed by atoms with van der Waals surface area (Å²) in [5.41, 5.74) is 2.51. The van der Waals surface area contributed by atoms with E-state index in [1.165, 1.54) is 0 Å². The van der Waals surface area contributed by atoms with E-state index in [9.17, 15) is 4.79 Å². The number of nitrogens with zero attached hydrogens (tertiary/aromatic N) is 2. The lowest BCUT2D eigenvalue weighted by molar-refractivity contribution is -0.117. The van der Waals surface area contributed by atoms with Crippen LogP contribution in [0.5, 0.6) is 11.6 Å². The molecule has 1 aromatic heterocycles. The third kappa shape index (κ3) is 5.29. The van der Waals surface area contributed by atoms with E-state index in [4.69, 9.17) is 4.74 Å². The molecule has 0 atom stereocenters. The summed E-state index contributed by atoms with van der Waals surface area (Å²) in [6.45, 7) is 0. The molecule has 0 saturated carbocycles. The minimum absolute atomic E-state index is 0.0754. The molecule has 0 radical (unpaired) electrons. The highest BCUT2D eigenvalue weighted by atomic mass is 16.5. The lowest BCUT2D eigenvalue weighted by Gasteiger charge is -2.12. The fourth-order valence-corrected chi connectivity index (χ4v) is 3.01. The molecule has 0 spiro atoms. The Kier molecular flexibility index (Phi) is 6.11. The summed E-state index contributed by atoms with van der Waals surface area (Å²) >= 11 is 0. The van der Waals surface area contributed by atoms with E-state index in [1.807, 2.05) is 91.0 Å². The molecule has 5 nitrogen and oxygen atoms in total. The van der Waals surface area contributed by atoms with Crippen molar-refractivity contribution in [2.45, 2.75) is 12.8 Å². The van der Waals surface area contributed by atoms with Crippen LogP contribution < -0.4 is 10.1 Å². The van der Waals surface area contributed by atoms with E-state index in [0.29, 0.717) is 29.6 Å². The minimum Gasteiger partial charge on any atom is -0.439 e. The average Bonchev–Trinajstić information content (AvgIpc) is 2.78. The Morgan fingerprint density at radius 1 is 0.800 bits per heavy atom. The van der Waals surface area contributed by atoms with Crippen LogP contribution in [0.15, 0.2) is 97.2 Å². The maximum atomic E-state index is 12.6. The topological polar surface area (TPSA) is 64.1 Å². The van der Waals surface area contributed by atoms with Crippen LogP contribution in [0.4, 0.5) is 11.6 Å². The molecule has 4 rings (SSSR count). The van der Waals surface area contributed by atoms with Gasteiger partial charge in [0.2, 0.25) is 11.8 Å². The number of Topliss-reactive ketones (excluding diaryl/α,β-unsaturated/α-hetero) is 1. The standard InChI is InChI=1S/C25H21N3O2/c29-22(16-19-10-4-1-5-11-19)17-20-18-26-25(27-21-12-6-2-7-13-21)28-24(20)30-23-14-8-3-9-15-23/h1-15,18H,16-17H2,(H,26,27,28). The number of ketones is 1. The summed E-state index contributed by atoms with van der Waals surface area (Å²) in [6, 6.07) is 28.7. The van der Waals surface area contributed by atoms with E-state index in [0.717, 1.165) is 11.3 Å². The predicted molar refractivity (Wildman–Crippen MR) is 117 cm³/mol. The SMILES string of the molecule is O=C(Cc1ccccc1)Cc1cnc(Nc2ccccc2)nc1Oc1ccccc1. The molecule has 0 fully saturated rings. The van der Waals surface area contributed by atoms with Gasteiger partial charge in [0.05, 0.1) is 0 Å². The van der Waals surface area contributed by atoms with Crippen LogP contribution in [-0.2, 0) is 17.6 Å². The third-order valence-electron chi connectivity index (χ3n) is 4.44. The summed E-state index contributed by atoms with van der Waals surface area (Å²) in [6.07, 6.45) is 2.21. The molecule has 0 amide bonds. The number of anilines is 2. The van der Waals surface area contributed by atoms with Gasteiger partial charge in [0, 0.05) is 30.3 Å². The van der Waals surface area contributed by atoms with Gasteiger partial charge in [-0.15, -0.1) is 0 Å². The second-order valence-corrected chi connectivity index (χ2v) is 6.81. The zero-order valence-corrected chi connectivity index (χ0v) is 16.4. The zero-order chi connectivity index (χ0) is 20.6. The molecule has 148 valence electrons. The number of carbonyl (C=O) groups excluding carboxylic acids is 1. The number of ether oxygens (including phenoxy) is 1. The van der Waals surface area contributed by atoms with Gasteiger partial charge in [-0.3, -0.25) is 4.79 Å². The second kappa shape index (κ2) is 9.47. The first-order valence-corrected chi connectivity index (χ1v) is 9.73. The second-order valence-electron chi connectivity index (χ2n) is 6.81. The van der Waals surface area contributed by atoms with Crippen LogP contribution in [0.25, 0.3) is 0 Å². The van der Waals surface area contributed by atoms with Crippen LogP contribution >= 0.6 is 0 Å². The van der Waals surface area contributed by atoms with E-state index < -0.39 is 0 Å². The molecule has 4 aromatic rings. The molecule has 0 bridgehead atoms. The normalized spacial score (nSPS) is 10.4. The van der Waals surface area contributed by atoms with Crippen LogP contribution in [0.2, 0.25) is 0 Å². The van der Waals surface area contributed by atoms with Crippen molar-refractivity contribution in [2.24, 2.45) is 0 Å². The quantitative estimate of drug-likeness (QED) is 0.435. The van der Waals surface area contributed by atoms with Crippen molar-refractivity contribution < 1.29 is 9.53 Å². The lowest BCUT2D eigenvalue weighted by Crippen LogP contribution is -2.09. The van der Waals surface area contributed by atoms with Crippen molar-refractivity contribution in [2.75, 3.05) is 5.32 Å². The van der Waals surface area contributed by atoms with Gasteiger partial charge in [0.1, 0.15) is 11.5 Å². The zero-order valence-electron chi connectivity index (χ0n) is 16.4. The van der Waals surface area contributed by atoms with E-state index in [1.54, 1.807) is 6.20 Å². The maximum Gasteiger partial charge on any atom is 0.230 e. The number of carbonyl (C=O) groups is 1. The lowest BCUT2D eigenvalue weighted by atomic mass is 10.0. The smallest absolute Gasteiger partial charge is 0.230 e. The summed E-state index contributed by atoms with van der Waals surface area (Å²) in [5.74, 6) is 1.51. The first kappa shape index (κ1) is 19.3. The van der Waals surface area contributed by atoms with Crippen molar-refractivity contribution in [1.82, 2.24) is 9.97 Å². The Labute approximate surface area is 175 Å². The van der Waals surface area contributed by atoms with Gasteiger partial charge in [0.25, 0.3) is 0 Å². The first-order valence-electron chi connectivity index (χ1n) is 9.73. The molecular weight excluding hydrogens is 374 g/mol. The van der Waals surface area contributed by atoms with E-state index in [-0.39, 0.29) is 12.2 Å². The number of hydrogen-bond donors (Lipinski definition) is 1. The van der Waals surface area contributed by atoms with Gasteiger partial charge in [-0.05, 0) is 29.8 Å². The molecular formula is C25H21N3O2. The van der Waals surface area contributed by atoms with Crippen LogP contribution in [0.1, 0.15) is 11.1 Å². The number of rotatable bonds is 8. The van der Waals surface area contributed by atoms with Gasteiger partial charge in [0.15, 0.2) is 0 Å². The van der Waals surface area contributed by atoms with Crippen LogP contribution in [0, 0.1) is 0 Å². The van der Waals surface area contributed by atoms with Crippen molar-refractivity contribution in [1.29, 1.82) is 0 Å². The summed E-state index contributed by atoms with van der Waals surface area (Å²) in [7, 11) is 0. The third-order valence-corrected chi connectivity index (χ3v) is 4.44. The molecule has 1 heterocycles. The largest absolute Gasteiger partial charge is 0.439 e. The minimum atomic E-state index is 0.0754. The molecule has 0 aliphatic carbocycles. The highest BCUT2D eigenvalue weighted by molar-refractivity contribution is 5.83. The number of hydrogen-bond acceptors (Lipinski definition) is 5. The highest BCUT2D eigenvalue weighted by Gasteiger charge is 2.14. The summed E-state index contributed by atoms with van der Waals surface area (Å²) < 4.78 is 6.00. The summed E-state index contributed by atoms with van der Waals surface area (Å²) in [5, 5.41) is 3.16. The fourth-order valence-electron chi connectivity index (χ4n) is 3.01. The average molecular weight is 395 g/mol. The number of aromatic nitrogens is 2. The van der Waals surface area contributed by atoms with Gasteiger partial charge >= 0.3 is 0 Å². The Bertz CT molecular complexity index is 1100. The van der Waals surface area contributed by atoms with Crippen molar-refractivity contribution in [3.63, 3.8) is 0 Å². The van der Waals surface area contributed by atoms with Crippen molar-refractivity contribution >= 4 is 17.4 Å². The Balaban J connectivity index is 1.57. The Morgan fingerprint density at radius 3 is 2.13 bits per heavy atom. The predicted octanol–water partition coefficient (Wildman–Crippen LogP) is 5.37. The number of benzene rings is 3. The Hall–Kier alpha value is -3.99. The fraction of sp³-hybridized carbons (Fsp3) is 0.0800. The molecule has 1 N–H and O–H groups in total. The van der Waals surface area contributed by atoms with Gasteiger partial charge in [-0.1, -0.05) is 66.7 Å². The van der Waals surface area contributed by atoms with E-state index >= 15 is 0 Å². The molecule has 0 saturated heterocycles. The van der Waals surface area contributed by atoms with Gasteiger partial charge in [-0.2, -0.15) is 4.98 Å². The maximum absolute atomic E-state index is 12.6. The van der Waals surface area contributed by atoms with Gasteiger partial charge < -0.3 is 10.1 Å². The van der Waals surface area contributed by atoms with Crippen LogP contribution in [0.3, 0.4) is 0 Å². The monoisotopic (exact) mass is 395 g/mol. The van der Waals surface area contributed by atoms with Crippen molar-refractivity contribution in [3.8, 4) is 11.6 Å².